The average Bonchev–Trinajstić information content (AvgIpc) is 2.34. The lowest BCUT2D eigenvalue weighted by Crippen LogP contribution is -2.30. The molecule has 1 amide bonds. The molecule has 0 fully saturated rings. The van der Waals surface area contributed by atoms with E-state index < -0.39 is 30.0 Å². The second-order valence-electron chi connectivity index (χ2n) is 3.99. The molecule has 0 unspecified atom stereocenters. The molecule has 0 heterocycles. The molecular formula is C11H10BrF3N2O3. The van der Waals surface area contributed by atoms with Crippen LogP contribution in [-0.4, -0.2) is 35.5 Å². The summed E-state index contributed by atoms with van der Waals surface area (Å²) in [5.74, 6) is -0.718. The Hall–Kier alpha value is -1.64. The van der Waals surface area contributed by atoms with Gasteiger partial charge in [0.15, 0.2) is 0 Å². The third-order valence-electron chi connectivity index (χ3n) is 2.48. The first-order valence-electron chi connectivity index (χ1n) is 5.38. The van der Waals surface area contributed by atoms with E-state index in [1.165, 1.54) is 25.2 Å². The second-order valence-corrected chi connectivity index (χ2v) is 4.78. The lowest BCUT2D eigenvalue weighted by Gasteiger charge is -2.18. The van der Waals surface area contributed by atoms with E-state index in [0.29, 0.717) is 0 Å². The third kappa shape index (κ3) is 4.19. The van der Waals surface area contributed by atoms with Gasteiger partial charge < -0.3 is 4.90 Å². The van der Waals surface area contributed by atoms with Gasteiger partial charge in [-0.2, -0.15) is 13.2 Å². The van der Waals surface area contributed by atoms with Crippen molar-refractivity contribution in [1.29, 1.82) is 0 Å². The summed E-state index contributed by atoms with van der Waals surface area (Å²) in [6.45, 7) is -0.516. The molecule has 1 aromatic carbocycles. The first-order valence-corrected chi connectivity index (χ1v) is 6.18. The number of hydrogen-bond donors (Lipinski definition) is 0. The van der Waals surface area contributed by atoms with E-state index in [-0.39, 0.29) is 15.7 Å². The molecule has 0 aromatic heterocycles. The lowest BCUT2D eigenvalue weighted by molar-refractivity contribution is -0.385. The number of carbonyl (C=O) groups is 1. The van der Waals surface area contributed by atoms with Gasteiger partial charge in [-0.15, -0.1) is 0 Å². The van der Waals surface area contributed by atoms with Crippen molar-refractivity contribution >= 4 is 27.5 Å². The summed E-state index contributed by atoms with van der Waals surface area (Å²) in [5.41, 5.74) is -0.371. The number of nitrogens with zero attached hydrogens (tertiary/aromatic N) is 2. The molecule has 0 aliphatic carbocycles. The maximum Gasteiger partial charge on any atom is 0.390 e. The molecule has 0 atom stereocenters. The summed E-state index contributed by atoms with van der Waals surface area (Å²) < 4.78 is 36.2. The van der Waals surface area contributed by atoms with Gasteiger partial charge in [-0.05, 0) is 22.0 Å². The summed E-state index contributed by atoms with van der Waals surface area (Å²) in [6, 6.07) is 3.80. The Morgan fingerprint density at radius 2 is 2.05 bits per heavy atom. The van der Waals surface area contributed by atoms with Crippen molar-refractivity contribution in [1.82, 2.24) is 4.90 Å². The normalized spacial score (nSPS) is 11.2. The molecule has 20 heavy (non-hydrogen) atoms. The molecule has 1 rings (SSSR count). The minimum atomic E-state index is -4.37. The van der Waals surface area contributed by atoms with Crippen molar-refractivity contribution < 1.29 is 22.9 Å². The molecule has 0 saturated carbocycles. The Morgan fingerprint density at radius 3 is 2.55 bits per heavy atom. The predicted molar refractivity (Wildman–Crippen MR) is 68.4 cm³/mol. The maximum atomic E-state index is 12.1. The minimum absolute atomic E-state index is 0.0474. The van der Waals surface area contributed by atoms with E-state index in [2.05, 4.69) is 15.9 Å². The van der Waals surface area contributed by atoms with E-state index in [4.69, 9.17) is 0 Å². The van der Waals surface area contributed by atoms with Crippen LogP contribution >= 0.6 is 15.9 Å². The van der Waals surface area contributed by atoms with Crippen LogP contribution in [0.3, 0.4) is 0 Å². The zero-order chi connectivity index (χ0) is 15.5. The van der Waals surface area contributed by atoms with Crippen molar-refractivity contribution in [3.8, 4) is 0 Å². The van der Waals surface area contributed by atoms with Crippen LogP contribution in [0.4, 0.5) is 18.9 Å². The third-order valence-corrected chi connectivity index (χ3v) is 3.32. The topological polar surface area (TPSA) is 63.5 Å². The van der Waals surface area contributed by atoms with Gasteiger partial charge in [0.1, 0.15) is 4.47 Å². The van der Waals surface area contributed by atoms with E-state index in [1.807, 2.05) is 0 Å². The molecule has 0 N–H and O–H groups in total. The van der Waals surface area contributed by atoms with Crippen molar-refractivity contribution in [2.75, 3.05) is 13.6 Å². The molecule has 0 radical (unpaired) electrons. The Bertz CT molecular complexity index is 534. The number of amides is 1. The van der Waals surface area contributed by atoms with Crippen molar-refractivity contribution in [2.24, 2.45) is 0 Å². The van der Waals surface area contributed by atoms with Gasteiger partial charge in [0.2, 0.25) is 0 Å². The van der Waals surface area contributed by atoms with Gasteiger partial charge in [-0.3, -0.25) is 14.9 Å². The standard InChI is InChI=1S/C11H10BrF3N2O3/c1-16(6-5-11(13,14)15)10(18)7-3-2-4-8(9(7)12)17(19)20/h2-4H,5-6H2,1H3. The fourth-order valence-electron chi connectivity index (χ4n) is 1.43. The van der Waals surface area contributed by atoms with Gasteiger partial charge >= 0.3 is 6.18 Å². The molecule has 110 valence electrons. The first kappa shape index (κ1) is 16.4. The highest BCUT2D eigenvalue weighted by Crippen LogP contribution is 2.29. The van der Waals surface area contributed by atoms with Gasteiger partial charge in [-0.1, -0.05) is 6.07 Å². The lowest BCUT2D eigenvalue weighted by atomic mass is 10.1. The summed E-state index contributed by atoms with van der Waals surface area (Å²) in [4.78, 5) is 22.9. The zero-order valence-corrected chi connectivity index (χ0v) is 11.9. The van der Waals surface area contributed by atoms with Gasteiger partial charge in [0, 0.05) is 19.7 Å². The molecule has 0 spiro atoms. The molecule has 0 aliphatic heterocycles. The molecule has 1 aromatic rings. The van der Waals surface area contributed by atoms with E-state index >= 15 is 0 Å². The average molecular weight is 355 g/mol. The summed E-state index contributed by atoms with van der Waals surface area (Å²) in [7, 11) is 1.21. The Balaban J connectivity index is 2.92. The smallest absolute Gasteiger partial charge is 0.341 e. The van der Waals surface area contributed by atoms with E-state index in [1.54, 1.807) is 0 Å². The number of carbonyl (C=O) groups excluding carboxylic acids is 1. The summed E-state index contributed by atoms with van der Waals surface area (Å²) in [6.07, 6.45) is -5.50. The Morgan fingerprint density at radius 1 is 1.45 bits per heavy atom. The molecule has 0 saturated heterocycles. The van der Waals surface area contributed by atoms with Crippen LogP contribution in [0.5, 0.6) is 0 Å². The first-order chi connectivity index (χ1) is 9.13. The van der Waals surface area contributed by atoms with Gasteiger partial charge in [0.05, 0.1) is 16.9 Å². The highest BCUT2D eigenvalue weighted by molar-refractivity contribution is 9.10. The van der Waals surface area contributed by atoms with Crippen molar-refractivity contribution in [3.05, 3.63) is 38.3 Å². The highest BCUT2D eigenvalue weighted by Gasteiger charge is 2.29. The monoisotopic (exact) mass is 354 g/mol. The van der Waals surface area contributed by atoms with Gasteiger partial charge in [0.25, 0.3) is 11.6 Å². The number of halogens is 4. The van der Waals surface area contributed by atoms with Crippen LogP contribution in [0.25, 0.3) is 0 Å². The van der Waals surface area contributed by atoms with Crippen LogP contribution in [-0.2, 0) is 0 Å². The van der Waals surface area contributed by atoms with Gasteiger partial charge in [-0.25, -0.2) is 0 Å². The van der Waals surface area contributed by atoms with Crippen LogP contribution in [0.2, 0.25) is 0 Å². The van der Waals surface area contributed by atoms with Crippen LogP contribution in [0, 0.1) is 10.1 Å². The molecule has 9 heteroatoms. The maximum absolute atomic E-state index is 12.1. The number of nitro groups is 1. The molecule has 0 aliphatic rings. The largest absolute Gasteiger partial charge is 0.390 e. The van der Waals surface area contributed by atoms with E-state index in [9.17, 15) is 28.1 Å². The van der Waals surface area contributed by atoms with Crippen LogP contribution < -0.4 is 0 Å². The quantitative estimate of drug-likeness (QED) is 0.615. The van der Waals surface area contributed by atoms with Crippen molar-refractivity contribution in [3.63, 3.8) is 0 Å². The number of hydrogen-bond acceptors (Lipinski definition) is 3. The SMILES string of the molecule is CN(CCC(F)(F)F)C(=O)c1cccc([N+](=O)[O-])c1Br. The fourth-order valence-corrected chi connectivity index (χ4v) is 2.01. The van der Waals surface area contributed by atoms with Crippen molar-refractivity contribution in [2.45, 2.75) is 12.6 Å². The van der Waals surface area contributed by atoms with Crippen LogP contribution in [0.15, 0.2) is 22.7 Å². The van der Waals surface area contributed by atoms with Crippen LogP contribution in [0.1, 0.15) is 16.8 Å². The minimum Gasteiger partial charge on any atom is -0.341 e. The predicted octanol–water partition coefficient (Wildman–Crippen LogP) is 3.38. The Kier molecular flexibility index (Phi) is 5.09. The Labute approximate surface area is 120 Å². The number of nitro benzene ring substituents is 1. The number of benzene rings is 1. The summed E-state index contributed by atoms with van der Waals surface area (Å²) >= 11 is 2.93. The van der Waals surface area contributed by atoms with E-state index in [0.717, 1.165) is 4.90 Å². The number of alkyl halides is 3. The zero-order valence-electron chi connectivity index (χ0n) is 10.3. The number of rotatable bonds is 4. The summed E-state index contributed by atoms with van der Waals surface area (Å²) in [5, 5.41) is 10.7. The highest BCUT2D eigenvalue weighted by atomic mass is 79.9. The molecule has 0 bridgehead atoms. The second kappa shape index (κ2) is 6.21. The fraction of sp³-hybridized carbons (Fsp3) is 0.364. The molecular weight excluding hydrogens is 345 g/mol. The molecule has 5 nitrogen and oxygen atoms in total.